The van der Waals surface area contributed by atoms with E-state index in [1.807, 2.05) is 0 Å². The molecule has 0 saturated carbocycles. The van der Waals surface area contributed by atoms with Gasteiger partial charge in [-0.1, -0.05) is 32.4 Å². The third-order valence-electron chi connectivity index (χ3n) is 3.85. The minimum Gasteiger partial charge on any atom is -0.303 e. The van der Waals surface area contributed by atoms with Crippen LogP contribution in [0.2, 0.25) is 0 Å². The van der Waals surface area contributed by atoms with Gasteiger partial charge in [-0.15, -0.1) is 0 Å². The van der Waals surface area contributed by atoms with Gasteiger partial charge in [-0.25, -0.2) is 0 Å². The van der Waals surface area contributed by atoms with Crippen molar-refractivity contribution in [2.75, 3.05) is 0 Å². The molecule has 1 aliphatic rings. The molecule has 0 aromatic rings. The largest absolute Gasteiger partial charge is 0.303 e. The molecule has 0 bridgehead atoms. The zero-order chi connectivity index (χ0) is 10.8. The number of rotatable bonds is 3. The molecule has 2 atom stereocenters. The van der Waals surface area contributed by atoms with Crippen molar-refractivity contribution in [2.24, 2.45) is 17.3 Å². The van der Waals surface area contributed by atoms with E-state index in [1.165, 1.54) is 11.9 Å². The summed E-state index contributed by atoms with van der Waals surface area (Å²) in [6, 6.07) is 0. The Morgan fingerprint density at radius 2 is 2.07 bits per heavy atom. The Morgan fingerprint density at radius 3 is 2.50 bits per heavy atom. The highest BCUT2D eigenvalue weighted by molar-refractivity contribution is 5.61. The topological polar surface area (TPSA) is 17.1 Å². The number of aldehydes is 1. The van der Waals surface area contributed by atoms with Crippen LogP contribution in [0.1, 0.15) is 47.0 Å². The summed E-state index contributed by atoms with van der Waals surface area (Å²) in [7, 11) is 0. The molecule has 0 aromatic carbocycles. The van der Waals surface area contributed by atoms with E-state index < -0.39 is 0 Å². The van der Waals surface area contributed by atoms with Crippen LogP contribution in [0.5, 0.6) is 0 Å². The van der Waals surface area contributed by atoms with Gasteiger partial charge in [0.1, 0.15) is 6.29 Å². The molecule has 14 heavy (non-hydrogen) atoms. The van der Waals surface area contributed by atoms with E-state index in [0.717, 1.165) is 19.3 Å². The summed E-state index contributed by atoms with van der Waals surface area (Å²) in [4.78, 5) is 11.3. The average Bonchev–Trinajstić information content (AvgIpc) is 2.16. The van der Waals surface area contributed by atoms with Crippen molar-refractivity contribution in [2.45, 2.75) is 47.0 Å². The summed E-state index contributed by atoms with van der Waals surface area (Å²) in [6.45, 7) is 8.79. The van der Waals surface area contributed by atoms with Crippen molar-refractivity contribution >= 4 is 6.29 Å². The van der Waals surface area contributed by atoms with E-state index >= 15 is 0 Å². The zero-order valence-corrected chi connectivity index (χ0v) is 9.84. The molecular formula is C13H22O. The molecule has 0 aromatic heterocycles. The molecule has 2 unspecified atom stereocenters. The first kappa shape index (κ1) is 11.5. The maximum absolute atomic E-state index is 11.3. The van der Waals surface area contributed by atoms with Gasteiger partial charge in [0.05, 0.1) is 0 Å². The van der Waals surface area contributed by atoms with Gasteiger partial charge >= 0.3 is 0 Å². The normalized spacial score (nSPS) is 29.9. The van der Waals surface area contributed by atoms with E-state index in [-0.39, 0.29) is 5.41 Å². The molecule has 0 spiro atoms. The number of hydrogen-bond acceptors (Lipinski definition) is 1. The van der Waals surface area contributed by atoms with Crippen LogP contribution >= 0.6 is 0 Å². The summed E-state index contributed by atoms with van der Waals surface area (Å²) in [6.07, 6.45) is 6.56. The van der Waals surface area contributed by atoms with Gasteiger partial charge in [0.25, 0.3) is 0 Å². The zero-order valence-electron chi connectivity index (χ0n) is 9.84. The Bertz CT molecular complexity index is 240. The Balaban J connectivity index is 2.87. The number of allylic oxidation sites excluding steroid dienone is 2. The summed E-state index contributed by atoms with van der Waals surface area (Å²) < 4.78 is 0. The second-order valence-electron chi connectivity index (χ2n) is 5.15. The highest BCUT2D eigenvalue weighted by atomic mass is 16.1. The smallest absolute Gasteiger partial charge is 0.126 e. The van der Waals surface area contributed by atoms with Gasteiger partial charge in [-0.2, -0.15) is 0 Å². The molecular weight excluding hydrogens is 172 g/mol. The molecule has 1 rings (SSSR count). The first-order chi connectivity index (χ1) is 6.52. The maximum Gasteiger partial charge on any atom is 0.126 e. The van der Waals surface area contributed by atoms with Crippen LogP contribution in [0, 0.1) is 17.3 Å². The summed E-state index contributed by atoms with van der Waals surface area (Å²) in [5, 5.41) is 0. The van der Waals surface area contributed by atoms with Crippen LogP contribution in [-0.2, 0) is 4.79 Å². The molecule has 80 valence electrons. The highest BCUT2D eigenvalue weighted by Gasteiger charge is 2.38. The van der Waals surface area contributed by atoms with E-state index in [2.05, 4.69) is 33.8 Å². The first-order valence-electron chi connectivity index (χ1n) is 5.64. The monoisotopic (exact) mass is 194 g/mol. The van der Waals surface area contributed by atoms with Crippen LogP contribution < -0.4 is 0 Å². The van der Waals surface area contributed by atoms with Crippen molar-refractivity contribution in [3.8, 4) is 0 Å². The standard InChI is InChI=1S/C13H22O/c1-10(2)12(4)13(9-14)7-5-6-11(3)8-13/h6,9-10,12H,5,7-8H2,1-4H3. The Hall–Kier alpha value is -0.590. The van der Waals surface area contributed by atoms with Crippen LogP contribution in [0.15, 0.2) is 11.6 Å². The molecule has 1 nitrogen and oxygen atoms in total. The predicted octanol–water partition coefficient (Wildman–Crippen LogP) is 3.59. The Labute approximate surface area is 87.6 Å². The Morgan fingerprint density at radius 1 is 1.43 bits per heavy atom. The summed E-state index contributed by atoms with van der Waals surface area (Å²) in [5.74, 6) is 1.08. The molecule has 1 heteroatoms. The van der Waals surface area contributed by atoms with Crippen LogP contribution in [0.4, 0.5) is 0 Å². The minimum atomic E-state index is -0.0764. The predicted molar refractivity (Wildman–Crippen MR) is 60.1 cm³/mol. The molecule has 0 aliphatic heterocycles. The fraction of sp³-hybridized carbons (Fsp3) is 0.769. The van der Waals surface area contributed by atoms with Crippen molar-refractivity contribution < 1.29 is 4.79 Å². The molecule has 0 fully saturated rings. The minimum absolute atomic E-state index is 0.0764. The molecule has 0 heterocycles. The van der Waals surface area contributed by atoms with Gasteiger partial charge in [-0.05, 0) is 38.0 Å². The van der Waals surface area contributed by atoms with Gasteiger partial charge in [0.2, 0.25) is 0 Å². The second-order valence-corrected chi connectivity index (χ2v) is 5.15. The highest BCUT2D eigenvalue weighted by Crippen LogP contribution is 2.43. The lowest BCUT2D eigenvalue weighted by atomic mass is 9.64. The van der Waals surface area contributed by atoms with Crippen molar-refractivity contribution in [3.63, 3.8) is 0 Å². The molecule has 0 saturated heterocycles. The number of hydrogen-bond donors (Lipinski definition) is 0. The van der Waals surface area contributed by atoms with Crippen molar-refractivity contribution in [3.05, 3.63) is 11.6 Å². The van der Waals surface area contributed by atoms with Crippen LogP contribution in [0.3, 0.4) is 0 Å². The third-order valence-corrected chi connectivity index (χ3v) is 3.85. The Kier molecular flexibility index (Phi) is 3.52. The van der Waals surface area contributed by atoms with E-state index in [0.29, 0.717) is 11.8 Å². The van der Waals surface area contributed by atoms with Gasteiger partial charge in [0, 0.05) is 5.41 Å². The van der Waals surface area contributed by atoms with Gasteiger partial charge in [-0.3, -0.25) is 0 Å². The number of carbonyl (C=O) groups is 1. The average molecular weight is 194 g/mol. The van der Waals surface area contributed by atoms with Gasteiger partial charge < -0.3 is 4.79 Å². The van der Waals surface area contributed by atoms with E-state index in [4.69, 9.17) is 0 Å². The van der Waals surface area contributed by atoms with Crippen molar-refractivity contribution in [1.82, 2.24) is 0 Å². The fourth-order valence-electron chi connectivity index (χ4n) is 2.53. The lowest BCUT2D eigenvalue weighted by Gasteiger charge is -2.39. The lowest BCUT2D eigenvalue weighted by Crippen LogP contribution is -2.35. The summed E-state index contributed by atoms with van der Waals surface area (Å²) >= 11 is 0. The van der Waals surface area contributed by atoms with Crippen molar-refractivity contribution in [1.29, 1.82) is 0 Å². The lowest BCUT2D eigenvalue weighted by molar-refractivity contribution is -0.120. The second kappa shape index (κ2) is 4.29. The number of carbonyl (C=O) groups excluding carboxylic acids is 1. The SMILES string of the molecule is CC1=CCCC(C=O)(C(C)C(C)C)C1. The summed E-state index contributed by atoms with van der Waals surface area (Å²) in [5.41, 5.74) is 1.31. The van der Waals surface area contributed by atoms with Gasteiger partial charge in [0.15, 0.2) is 0 Å². The third kappa shape index (κ3) is 2.08. The molecule has 0 radical (unpaired) electrons. The van der Waals surface area contributed by atoms with E-state index in [1.54, 1.807) is 0 Å². The molecule has 0 N–H and O–H groups in total. The van der Waals surface area contributed by atoms with E-state index in [9.17, 15) is 4.79 Å². The maximum atomic E-state index is 11.3. The molecule has 0 amide bonds. The fourth-order valence-corrected chi connectivity index (χ4v) is 2.53. The van der Waals surface area contributed by atoms with Crippen LogP contribution in [-0.4, -0.2) is 6.29 Å². The quantitative estimate of drug-likeness (QED) is 0.495. The molecule has 1 aliphatic carbocycles. The first-order valence-corrected chi connectivity index (χ1v) is 5.64. The van der Waals surface area contributed by atoms with Crippen LogP contribution in [0.25, 0.3) is 0 Å².